The number of fused-ring (bicyclic) bond motifs is 1. The first kappa shape index (κ1) is 21.5. The lowest BCUT2D eigenvalue weighted by Gasteiger charge is -2.29. The molecule has 0 atom stereocenters. The predicted molar refractivity (Wildman–Crippen MR) is 136 cm³/mol. The van der Waals surface area contributed by atoms with Gasteiger partial charge < -0.3 is 10.2 Å². The van der Waals surface area contributed by atoms with Gasteiger partial charge in [0.15, 0.2) is 0 Å². The van der Waals surface area contributed by atoms with Crippen molar-refractivity contribution in [2.24, 2.45) is 0 Å². The molecule has 168 valence electrons. The zero-order chi connectivity index (χ0) is 22.8. The lowest BCUT2D eigenvalue weighted by Crippen LogP contribution is -2.29. The largest absolute Gasteiger partial charge is 0.367 e. The molecule has 0 radical (unpaired) electrons. The summed E-state index contributed by atoms with van der Waals surface area (Å²) in [5, 5.41) is 5.61. The van der Waals surface area contributed by atoms with Crippen LogP contribution in [0.2, 0.25) is 0 Å². The normalized spacial score (nSPS) is 15.3. The summed E-state index contributed by atoms with van der Waals surface area (Å²) < 4.78 is 0. The topological polar surface area (TPSA) is 53.9 Å². The van der Waals surface area contributed by atoms with E-state index in [2.05, 4.69) is 84.6 Å². The summed E-state index contributed by atoms with van der Waals surface area (Å²) >= 11 is 0. The van der Waals surface area contributed by atoms with Crippen LogP contribution in [-0.4, -0.2) is 46.0 Å². The highest BCUT2D eigenvalue weighted by Gasteiger charge is 2.18. The average molecular weight is 438 g/mol. The van der Waals surface area contributed by atoms with E-state index in [-0.39, 0.29) is 0 Å². The van der Waals surface area contributed by atoms with Gasteiger partial charge in [0.05, 0.1) is 23.8 Å². The Kier molecular flexibility index (Phi) is 6.05. The van der Waals surface area contributed by atoms with Crippen LogP contribution in [0, 0.1) is 0 Å². The first-order valence-electron chi connectivity index (χ1n) is 11.8. The molecule has 5 heteroatoms. The van der Waals surface area contributed by atoms with Crippen molar-refractivity contribution < 1.29 is 0 Å². The third-order valence-corrected chi connectivity index (χ3v) is 6.46. The van der Waals surface area contributed by atoms with Crippen molar-refractivity contribution in [3.63, 3.8) is 0 Å². The van der Waals surface area contributed by atoms with Crippen LogP contribution in [0.3, 0.4) is 0 Å². The summed E-state index contributed by atoms with van der Waals surface area (Å²) in [6.07, 6.45) is 8.00. The van der Waals surface area contributed by atoms with E-state index >= 15 is 0 Å². The highest BCUT2D eigenvalue weighted by atomic mass is 15.1. The molecule has 33 heavy (non-hydrogen) atoms. The van der Waals surface area contributed by atoms with Gasteiger partial charge in [-0.05, 0) is 81.9 Å². The molecule has 0 aliphatic carbocycles. The first-order chi connectivity index (χ1) is 16.0. The number of likely N-dealkylation sites (tertiary alicyclic amines) is 1. The maximum Gasteiger partial charge on any atom is 0.145 e. The number of hydrogen-bond acceptors (Lipinski definition) is 5. The second-order valence-corrected chi connectivity index (χ2v) is 9.42. The minimum absolute atomic E-state index is 0.310. The van der Waals surface area contributed by atoms with Crippen molar-refractivity contribution in [3.8, 4) is 22.5 Å². The maximum absolute atomic E-state index is 4.78. The lowest BCUT2D eigenvalue weighted by molar-refractivity contribution is 0.255. The fourth-order valence-corrected chi connectivity index (χ4v) is 4.62. The Morgan fingerprint density at radius 1 is 0.879 bits per heavy atom. The molecule has 5 rings (SSSR count). The van der Waals surface area contributed by atoms with E-state index < -0.39 is 0 Å². The van der Waals surface area contributed by atoms with Crippen molar-refractivity contribution in [3.05, 3.63) is 72.7 Å². The van der Waals surface area contributed by atoms with Crippen molar-refractivity contribution in [2.75, 3.05) is 25.5 Å². The Hall–Kier alpha value is -3.31. The molecular weight excluding hydrogens is 406 g/mol. The molecule has 0 saturated carbocycles. The Bertz CT molecular complexity index is 1260. The molecule has 2 aromatic carbocycles. The number of hydrogen-bond donors (Lipinski definition) is 1. The molecule has 0 unspecified atom stereocenters. The minimum atomic E-state index is 0.310. The average Bonchev–Trinajstić information content (AvgIpc) is 2.84. The Balaban J connectivity index is 1.46. The third kappa shape index (κ3) is 4.88. The van der Waals surface area contributed by atoms with Crippen molar-refractivity contribution >= 4 is 16.6 Å². The molecule has 4 aromatic rings. The molecule has 1 fully saturated rings. The van der Waals surface area contributed by atoms with E-state index in [9.17, 15) is 0 Å². The molecule has 1 saturated heterocycles. The smallest absolute Gasteiger partial charge is 0.145 e. The van der Waals surface area contributed by atoms with Gasteiger partial charge in [-0.3, -0.25) is 9.97 Å². The van der Waals surface area contributed by atoms with E-state index in [1.165, 1.54) is 37.1 Å². The van der Waals surface area contributed by atoms with Crippen LogP contribution in [0.4, 0.5) is 5.82 Å². The number of nitrogens with zero attached hydrogens (tertiary/aromatic N) is 4. The fourth-order valence-electron chi connectivity index (χ4n) is 4.62. The van der Waals surface area contributed by atoms with Gasteiger partial charge in [-0.2, -0.15) is 0 Å². The predicted octanol–water partition coefficient (Wildman–Crippen LogP) is 5.99. The van der Waals surface area contributed by atoms with Gasteiger partial charge in [0.25, 0.3) is 0 Å². The van der Waals surface area contributed by atoms with Crippen molar-refractivity contribution in [2.45, 2.75) is 38.6 Å². The van der Waals surface area contributed by atoms with Crippen LogP contribution in [0.25, 0.3) is 33.3 Å². The summed E-state index contributed by atoms with van der Waals surface area (Å²) in [4.78, 5) is 16.3. The van der Waals surface area contributed by atoms with Crippen LogP contribution in [0.5, 0.6) is 0 Å². The number of aromatic nitrogens is 3. The monoisotopic (exact) mass is 437 g/mol. The quantitative estimate of drug-likeness (QED) is 0.416. The highest BCUT2D eigenvalue weighted by molar-refractivity contribution is 5.89. The SMILES string of the molecule is CC(C)Nc1cncc(-c2ccc3cnc(-c4cccc(C5CCN(C)CC5)c4)cc3c2)n1. The molecule has 0 bridgehead atoms. The van der Waals surface area contributed by atoms with Gasteiger partial charge in [-0.25, -0.2) is 4.98 Å². The molecule has 1 aliphatic heterocycles. The zero-order valence-electron chi connectivity index (χ0n) is 19.6. The van der Waals surface area contributed by atoms with Crippen LogP contribution in [0.15, 0.2) is 67.1 Å². The molecule has 1 aliphatic rings. The number of pyridine rings is 1. The summed E-state index contributed by atoms with van der Waals surface area (Å²) in [6, 6.07) is 17.8. The van der Waals surface area contributed by atoms with Gasteiger partial charge >= 0.3 is 0 Å². The van der Waals surface area contributed by atoms with E-state index in [1.807, 2.05) is 12.4 Å². The summed E-state index contributed by atoms with van der Waals surface area (Å²) in [7, 11) is 2.21. The van der Waals surface area contributed by atoms with E-state index in [0.29, 0.717) is 12.0 Å². The number of benzene rings is 2. The van der Waals surface area contributed by atoms with E-state index in [0.717, 1.165) is 33.5 Å². The van der Waals surface area contributed by atoms with E-state index in [1.54, 1.807) is 6.20 Å². The Morgan fingerprint density at radius 3 is 2.52 bits per heavy atom. The third-order valence-electron chi connectivity index (χ3n) is 6.46. The van der Waals surface area contributed by atoms with Gasteiger partial charge in [-0.1, -0.05) is 30.3 Å². The minimum Gasteiger partial charge on any atom is -0.367 e. The summed E-state index contributed by atoms with van der Waals surface area (Å²) in [6.45, 7) is 6.53. The molecule has 2 aromatic heterocycles. The van der Waals surface area contributed by atoms with E-state index in [4.69, 9.17) is 9.97 Å². The summed E-state index contributed by atoms with van der Waals surface area (Å²) in [5.74, 6) is 1.43. The Labute approximate surface area is 195 Å². The second-order valence-electron chi connectivity index (χ2n) is 9.42. The van der Waals surface area contributed by atoms with Crippen LogP contribution >= 0.6 is 0 Å². The van der Waals surface area contributed by atoms with Crippen LogP contribution in [-0.2, 0) is 0 Å². The highest BCUT2D eigenvalue weighted by Crippen LogP contribution is 2.31. The van der Waals surface area contributed by atoms with Gasteiger partial charge in [0.2, 0.25) is 0 Å². The number of nitrogens with one attached hydrogen (secondary N) is 1. The standard InChI is InChI=1S/C28H31N5/c1-19(2)31-28-18-29-17-27(32-28)23-7-8-24-16-30-26(15-25(24)14-23)22-6-4-5-21(13-22)20-9-11-33(3)12-10-20/h4-8,13-20H,9-12H2,1-3H3,(H,31,32). The molecule has 3 heterocycles. The van der Waals surface area contributed by atoms with Gasteiger partial charge in [0.1, 0.15) is 5.82 Å². The van der Waals surface area contributed by atoms with Crippen molar-refractivity contribution in [1.29, 1.82) is 0 Å². The molecule has 5 nitrogen and oxygen atoms in total. The van der Waals surface area contributed by atoms with Gasteiger partial charge in [0, 0.05) is 28.8 Å². The molecule has 0 spiro atoms. The first-order valence-corrected chi connectivity index (χ1v) is 11.8. The number of rotatable bonds is 5. The summed E-state index contributed by atoms with van der Waals surface area (Å²) in [5.41, 5.74) is 5.54. The maximum atomic E-state index is 4.78. The fraction of sp³-hybridized carbons (Fsp3) is 0.321. The Morgan fingerprint density at radius 2 is 1.70 bits per heavy atom. The van der Waals surface area contributed by atoms with Crippen LogP contribution in [0.1, 0.15) is 38.2 Å². The van der Waals surface area contributed by atoms with Gasteiger partial charge in [-0.15, -0.1) is 0 Å². The molecule has 1 N–H and O–H groups in total. The number of piperidine rings is 1. The van der Waals surface area contributed by atoms with Crippen molar-refractivity contribution in [1.82, 2.24) is 19.9 Å². The second kappa shape index (κ2) is 9.28. The van der Waals surface area contributed by atoms with Crippen LogP contribution < -0.4 is 5.32 Å². The molecular formula is C28H31N5. The zero-order valence-corrected chi connectivity index (χ0v) is 19.6. The lowest BCUT2D eigenvalue weighted by atomic mass is 9.88. The molecule has 0 amide bonds. The number of anilines is 1.